The minimum Gasteiger partial charge on any atom is -0.426 e. The van der Waals surface area contributed by atoms with Crippen LogP contribution in [0.2, 0.25) is 0 Å². The van der Waals surface area contributed by atoms with Crippen LogP contribution in [-0.2, 0) is 17.1 Å². The van der Waals surface area contributed by atoms with E-state index < -0.39 is 65.9 Å². The Balaban J connectivity index is 2.31. The van der Waals surface area contributed by atoms with Crippen molar-refractivity contribution in [3.05, 3.63) is 34.9 Å². The predicted molar refractivity (Wildman–Crippen MR) is 102 cm³/mol. The summed E-state index contributed by atoms with van der Waals surface area (Å²) in [4.78, 5) is 25.2. The summed E-state index contributed by atoms with van der Waals surface area (Å²) in [7, 11) is -1.92. The topological polar surface area (TPSA) is 98.7 Å². The number of carbonyl (C=O) groups is 2. The van der Waals surface area contributed by atoms with Crippen LogP contribution >= 0.6 is 0 Å². The van der Waals surface area contributed by atoms with Crippen molar-refractivity contribution in [2.45, 2.75) is 57.4 Å². The van der Waals surface area contributed by atoms with Crippen LogP contribution < -0.4 is 10.6 Å². The molecule has 0 aromatic heterocycles. The molecular formula is C19H23BF6N2O4. The summed E-state index contributed by atoms with van der Waals surface area (Å²) in [5.74, 6) is -3.93. The molecule has 6 nitrogen and oxygen atoms in total. The number of halogens is 6. The SMILES string of the molecule is CC(C)C[C@H](NC(=O)C(NC(=O)c1cc(C(F)(F)F)ccc1C(F)(F)F)C1CC1)B(O)O. The van der Waals surface area contributed by atoms with Gasteiger partial charge in [-0.3, -0.25) is 9.59 Å². The smallest absolute Gasteiger partial charge is 0.426 e. The van der Waals surface area contributed by atoms with Crippen molar-refractivity contribution in [3.8, 4) is 0 Å². The van der Waals surface area contributed by atoms with Crippen LogP contribution in [0.5, 0.6) is 0 Å². The van der Waals surface area contributed by atoms with Crippen LogP contribution in [0.4, 0.5) is 26.3 Å². The second-order valence-corrected chi connectivity index (χ2v) is 8.20. The Morgan fingerprint density at radius 1 is 1.06 bits per heavy atom. The molecule has 0 aliphatic heterocycles. The molecule has 1 unspecified atom stereocenters. The molecule has 0 bridgehead atoms. The second-order valence-electron chi connectivity index (χ2n) is 8.20. The van der Waals surface area contributed by atoms with Crippen LogP contribution in [0.15, 0.2) is 18.2 Å². The maximum absolute atomic E-state index is 13.3. The first-order valence-corrected chi connectivity index (χ1v) is 9.87. The summed E-state index contributed by atoms with van der Waals surface area (Å²) < 4.78 is 78.8. The Labute approximate surface area is 180 Å². The van der Waals surface area contributed by atoms with Crippen molar-refractivity contribution < 1.29 is 46.0 Å². The Kier molecular flexibility index (Phi) is 7.87. The second kappa shape index (κ2) is 9.69. The lowest BCUT2D eigenvalue weighted by molar-refractivity contribution is -0.141. The lowest BCUT2D eigenvalue weighted by atomic mass is 9.75. The molecular weight excluding hydrogens is 445 g/mol. The average Bonchev–Trinajstić information content (AvgIpc) is 3.47. The highest BCUT2D eigenvalue weighted by atomic mass is 19.4. The van der Waals surface area contributed by atoms with Gasteiger partial charge in [0.25, 0.3) is 5.91 Å². The molecule has 0 spiro atoms. The Bertz CT molecular complexity index is 840. The van der Waals surface area contributed by atoms with Gasteiger partial charge < -0.3 is 20.7 Å². The standard InChI is InChI=1S/C19H23BF6N2O4/c1-9(2)7-14(20(31)32)27-17(30)15(10-3-4-10)28-16(29)12-8-11(18(21,22)23)5-6-13(12)19(24,25)26/h5-6,8-10,14-15,31-32H,3-4,7H2,1-2H3,(H,27,30)(H,28,29)/t14-,15?/m0/s1. The van der Waals surface area contributed by atoms with Gasteiger partial charge in [0, 0.05) is 0 Å². The molecule has 4 N–H and O–H groups in total. The molecule has 0 radical (unpaired) electrons. The number of hydrogen-bond donors (Lipinski definition) is 4. The Morgan fingerprint density at radius 3 is 2.09 bits per heavy atom. The highest BCUT2D eigenvalue weighted by Gasteiger charge is 2.42. The van der Waals surface area contributed by atoms with Gasteiger partial charge in [-0.2, -0.15) is 26.3 Å². The molecule has 1 saturated carbocycles. The van der Waals surface area contributed by atoms with E-state index >= 15 is 0 Å². The third-order valence-electron chi connectivity index (χ3n) is 4.97. The highest BCUT2D eigenvalue weighted by molar-refractivity contribution is 6.43. The molecule has 2 rings (SSSR count). The number of alkyl halides is 6. The fourth-order valence-corrected chi connectivity index (χ4v) is 3.24. The number of benzene rings is 1. The minimum atomic E-state index is -5.10. The zero-order valence-electron chi connectivity index (χ0n) is 17.2. The summed E-state index contributed by atoms with van der Waals surface area (Å²) >= 11 is 0. The van der Waals surface area contributed by atoms with Gasteiger partial charge in [0.15, 0.2) is 0 Å². The van der Waals surface area contributed by atoms with E-state index in [0.29, 0.717) is 12.8 Å². The normalized spacial score (nSPS) is 16.5. The summed E-state index contributed by atoms with van der Waals surface area (Å²) in [6.45, 7) is 3.52. The molecule has 2 amide bonds. The quantitative estimate of drug-likeness (QED) is 0.349. The van der Waals surface area contributed by atoms with E-state index in [-0.39, 0.29) is 30.5 Å². The molecule has 0 heterocycles. The Hall–Kier alpha value is -2.28. The van der Waals surface area contributed by atoms with Crippen molar-refractivity contribution in [2.75, 3.05) is 0 Å². The first-order valence-electron chi connectivity index (χ1n) is 9.87. The third-order valence-corrected chi connectivity index (χ3v) is 4.97. The molecule has 1 fully saturated rings. The van der Waals surface area contributed by atoms with Gasteiger partial charge in [-0.05, 0) is 49.3 Å². The highest BCUT2D eigenvalue weighted by Crippen LogP contribution is 2.37. The lowest BCUT2D eigenvalue weighted by Crippen LogP contribution is -2.55. The van der Waals surface area contributed by atoms with Crippen LogP contribution in [0.25, 0.3) is 0 Å². The molecule has 1 aliphatic carbocycles. The molecule has 1 aromatic rings. The monoisotopic (exact) mass is 468 g/mol. The first-order chi connectivity index (χ1) is 14.6. The average molecular weight is 468 g/mol. The fourth-order valence-electron chi connectivity index (χ4n) is 3.24. The number of amides is 2. The van der Waals surface area contributed by atoms with Crippen LogP contribution in [0, 0.1) is 11.8 Å². The van der Waals surface area contributed by atoms with Crippen LogP contribution in [0.1, 0.15) is 54.6 Å². The van der Waals surface area contributed by atoms with E-state index in [1.54, 1.807) is 13.8 Å². The largest absolute Gasteiger partial charge is 0.475 e. The summed E-state index contributed by atoms with van der Waals surface area (Å²) in [6, 6.07) is -0.847. The summed E-state index contributed by atoms with van der Waals surface area (Å²) in [5, 5.41) is 23.4. The van der Waals surface area contributed by atoms with Crippen LogP contribution in [0.3, 0.4) is 0 Å². The predicted octanol–water partition coefficient (Wildman–Crippen LogP) is 2.78. The van der Waals surface area contributed by atoms with E-state index in [2.05, 4.69) is 10.6 Å². The van der Waals surface area contributed by atoms with Gasteiger partial charge >= 0.3 is 19.5 Å². The van der Waals surface area contributed by atoms with Crippen molar-refractivity contribution in [3.63, 3.8) is 0 Å². The van der Waals surface area contributed by atoms with Crippen molar-refractivity contribution in [1.82, 2.24) is 10.6 Å². The molecule has 2 atom stereocenters. The fraction of sp³-hybridized carbons (Fsp3) is 0.579. The van der Waals surface area contributed by atoms with Gasteiger partial charge in [-0.25, -0.2) is 0 Å². The van der Waals surface area contributed by atoms with E-state index in [1.807, 2.05) is 0 Å². The number of rotatable bonds is 8. The summed E-state index contributed by atoms with van der Waals surface area (Å²) in [6.07, 6.45) is -8.99. The van der Waals surface area contributed by atoms with E-state index in [4.69, 9.17) is 0 Å². The summed E-state index contributed by atoms with van der Waals surface area (Å²) in [5.41, 5.74) is -4.27. The van der Waals surface area contributed by atoms with Gasteiger partial charge in [0.1, 0.15) is 6.04 Å². The van der Waals surface area contributed by atoms with Gasteiger partial charge in [-0.15, -0.1) is 0 Å². The number of carbonyl (C=O) groups excluding carboxylic acids is 2. The van der Waals surface area contributed by atoms with E-state index in [1.165, 1.54) is 0 Å². The Morgan fingerprint density at radius 2 is 1.66 bits per heavy atom. The zero-order chi connectivity index (χ0) is 24.4. The molecule has 1 aromatic carbocycles. The van der Waals surface area contributed by atoms with E-state index in [0.717, 1.165) is 0 Å². The lowest BCUT2D eigenvalue weighted by Gasteiger charge is -2.24. The number of nitrogens with one attached hydrogen (secondary N) is 2. The molecule has 178 valence electrons. The van der Waals surface area contributed by atoms with Crippen molar-refractivity contribution >= 4 is 18.9 Å². The van der Waals surface area contributed by atoms with Gasteiger partial charge in [-0.1, -0.05) is 13.8 Å². The third kappa shape index (κ3) is 6.86. The van der Waals surface area contributed by atoms with Crippen LogP contribution in [-0.4, -0.2) is 41.0 Å². The first kappa shape index (κ1) is 26.0. The van der Waals surface area contributed by atoms with Gasteiger partial charge in [0.05, 0.1) is 22.6 Å². The maximum atomic E-state index is 13.3. The minimum absolute atomic E-state index is 0.0458. The molecule has 1 aliphatic rings. The van der Waals surface area contributed by atoms with Crippen molar-refractivity contribution in [1.29, 1.82) is 0 Å². The van der Waals surface area contributed by atoms with E-state index in [9.17, 15) is 46.0 Å². The van der Waals surface area contributed by atoms with Crippen molar-refractivity contribution in [2.24, 2.45) is 11.8 Å². The zero-order valence-corrected chi connectivity index (χ0v) is 17.2. The number of hydrogen-bond acceptors (Lipinski definition) is 4. The molecule has 0 saturated heterocycles. The van der Waals surface area contributed by atoms with Gasteiger partial charge in [0.2, 0.25) is 5.91 Å². The maximum Gasteiger partial charge on any atom is 0.475 e. The molecule has 13 heteroatoms. The molecule has 32 heavy (non-hydrogen) atoms.